The van der Waals surface area contributed by atoms with Gasteiger partial charge in [0.25, 0.3) is 0 Å². The van der Waals surface area contributed by atoms with Crippen molar-refractivity contribution < 1.29 is 13.9 Å². The number of carbonyl (C=O) groups excluding carboxylic acids is 1. The lowest BCUT2D eigenvalue weighted by atomic mass is 10.0. The van der Waals surface area contributed by atoms with Gasteiger partial charge in [0.1, 0.15) is 11.5 Å². The fourth-order valence-electron chi connectivity index (χ4n) is 2.81. The predicted octanol–water partition coefficient (Wildman–Crippen LogP) is 2.65. The summed E-state index contributed by atoms with van der Waals surface area (Å²) in [6.07, 6.45) is 5.67. The number of furan rings is 1. The van der Waals surface area contributed by atoms with E-state index in [-0.39, 0.29) is 11.9 Å². The van der Waals surface area contributed by atoms with Gasteiger partial charge < -0.3 is 19.4 Å². The Morgan fingerprint density at radius 1 is 1.38 bits per heavy atom. The molecule has 1 aromatic heterocycles. The van der Waals surface area contributed by atoms with Crippen molar-refractivity contribution in [1.82, 2.24) is 10.2 Å². The normalized spacial score (nSPS) is 14.6. The van der Waals surface area contributed by atoms with E-state index in [0.717, 1.165) is 18.8 Å². The molecule has 1 N–H and O–H groups in total. The van der Waals surface area contributed by atoms with Gasteiger partial charge in [0.05, 0.1) is 18.9 Å². The van der Waals surface area contributed by atoms with E-state index in [1.807, 2.05) is 20.2 Å². The number of nitrogens with one attached hydrogen (secondary N) is 1. The van der Waals surface area contributed by atoms with Crippen LogP contribution in [-0.4, -0.2) is 38.1 Å². The second-order valence-corrected chi connectivity index (χ2v) is 6.04. The van der Waals surface area contributed by atoms with Crippen LogP contribution in [0, 0.1) is 0 Å². The number of ether oxygens (including phenoxy) is 1. The summed E-state index contributed by atoms with van der Waals surface area (Å²) in [7, 11) is 4.03. The third-order valence-electron chi connectivity index (χ3n) is 4.13. The Kier molecular flexibility index (Phi) is 5.01. The Morgan fingerprint density at radius 3 is 3.00 bits per heavy atom. The molecule has 0 bridgehead atoms. The molecule has 2 aromatic rings. The highest BCUT2D eigenvalue weighted by molar-refractivity contribution is 5.91. The molecule has 0 radical (unpaired) electrons. The van der Waals surface area contributed by atoms with Crippen LogP contribution in [0.2, 0.25) is 0 Å². The lowest BCUT2D eigenvalue weighted by molar-refractivity contribution is -0.116. The van der Waals surface area contributed by atoms with Gasteiger partial charge in [-0.05, 0) is 49.5 Å². The van der Waals surface area contributed by atoms with Gasteiger partial charge in [-0.2, -0.15) is 0 Å². The molecule has 3 rings (SSSR count). The summed E-state index contributed by atoms with van der Waals surface area (Å²) in [6.45, 7) is 1.29. The van der Waals surface area contributed by atoms with Crippen molar-refractivity contribution in [3.8, 4) is 5.75 Å². The molecule has 0 fully saturated rings. The summed E-state index contributed by atoms with van der Waals surface area (Å²) in [6, 6.07) is 9.97. The maximum Gasteiger partial charge on any atom is 0.244 e. The van der Waals surface area contributed by atoms with Gasteiger partial charge in [-0.1, -0.05) is 12.1 Å². The number of benzene rings is 1. The first-order valence-electron chi connectivity index (χ1n) is 8.05. The Labute approximate surface area is 141 Å². The Balaban J connectivity index is 1.63. The number of likely N-dealkylation sites (N-methyl/N-ethyl adjacent to an activating group) is 1. The minimum Gasteiger partial charge on any atom is -0.493 e. The molecular formula is C19H22N2O3. The van der Waals surface area contributed by atoms with E-state index in [4.69, 9.17) is 9.15 Å². The standard InChI is InChI=1S/C19H22N2O3/c1-21(2)17(14-5-7-18-15(12-14)9-11-24-18)13-20-19(22)8-6-16-4-3-10-23-16/h3-8,10,12,17H,9,11,13H2,1-2H3,(H,20,22)/b8-6+. The zero-order valence-corrected chi connectivity index (χ0v) is 14.0. The first kappa shape index (κ1) is 16.3. The van der Waals surface area contributed by atoms with Crippen molar-refractivity contribution in [3.05, 3.63) is 59.6 Å². The van der Waals surface area contributed by atoms with E-state index in [1.54, 1.807) is 24.5 Å². The van der Waals surface area contributed by atoms with Crippen molar-refractivity contribution in [1.29, 1.82) is 0 Å². The molecule has 2 heterocycles. The van der Waals surface area contributed by atoms with Gasteiger partial charge in [0.15, 0.2) is 0 Å². The van der Waals surface area contributed by atoms with Crippen molar-refractivity contribution in [2.75, 3.05) is 27.2 Å². The van der Waals surface area contributed by atoms with Crippen LogP contribution < -0.4 is 10.1 Å². The molecule has 0 aliphatic carbocycles. The number of fused-ring (bicyclic) bond motifs is 1. The van der Waals surface area contributed by atoms with Crippen LogP contribution in [0.5, 0.6) is 5.75 Å². The zero-order valence-electron chi connectivity index (χ0n) is 14.0. The number of hydrogen-bond acceptors (Lipinski definition) is 4. The molecule has 1 unspecified atom stereocenters. The van der Waals surface area contributed by atoms with Gasteiger partial charge in [-0.3, -0.25) is 4.79 Å². The highest BCUT2D eigenvalue weighted by Crippen LogP contribution is 2.29. The van der Waals surface area contributed by atoms with E-state index < -0.39 is 0 Å². The summed E-state index contributed by atoms with van der Waals surface area (Å²) in [5, 5.41) is 2.95. The fraction of sp³-hybridized carbons (Fsp3) is 0.316. The molecule has 1 aliphatic heterocycles. The zero-order chi connectivity index (χ0) is 16.9. The second kappa shape index (κ2) is 7.36. The Hall–Kier alpha value is -2.53. The molecule has 1 aliphatic rings. The number of carbonyl (C=O) groups is 1. The highest BCUT2D eigenvalue weighted by atomic mass is 16.5. The maximum atomic E-state index is 12.0. The molecule has 0 spiro atoms. The lowest BCUT2D eigenvalue weighted by Gasteiger charge is -2.25. The number of nitrogens with zero attached hydrogens (tertiary/aromatic N) is 1. The molecule has 24 heavy (non-hydrogen) atoms. The van der Waals surface area contributed by atoms with Crippen molar-refractivity contribution in [2.45, 2.75) is 12.5 Å². The fourth-order valence-corrected chi connectivity index (χ4v) is 2.81. The largest absolute Gasteiger partial charge is 0.493 e. The molecule has 1 amide bonds. The molecule has 5 nitrogen and oxygen atoms in total. The summed E-state index contributed by atoms with van der Waals surface area (Å²) >= 11 is 0. The van der Waals surface area contributed by atoms with Crippen LogP contribution in [0.15, 0.2) is 47.1 Å². The minimum atomic E-state index is -0.136. The Morgan fingerprint density at radius 2 is 2.25 bits per heavy atom. The summed E-state index contributed by atoms with van der Waals surface area (Å²) in [4.78, 5) is 14.1. The summed E-state index contributed by atoms with van der Waals surface area (Å²) in [5.74, 6) is 1.50. The van der Waals surface area contributed by atoms with Crippen molar-refractivity contribution in [2.24, 2.45) is 0 Å². The summed E-state index contributed by atoms with van der Waals surface area (Å²) in [5.41, 5.74) is 2.42. The second-order valence-electron chi connectivity index (χ2n) is 6.04. The monoisotopic (exact) mass is 326 g/mol. The average molecular weight is 326 g/mol. The SMILES string of the molecule is CN(C)C(CNC(=O)/C=C/c1ccco1)c1ccc2c(c1)CCO2. The Bertz CT molecular complexity index is 720. The molecular weight excluding hydrogens is 304 g/mol. The van der Waals surface area contributed by atoms with Crippen LogP contribution in [-0.2, 0) is 11.2 Å². The quantitative estimate of drug-likeness (QED) is 0.829. The van der Waals surface area contributed by atoms with Crippen LogP contribution in [0.25, 0.3) is 6.08 Å². The van der Waals surface area contributed by atoms with Crippen molar-refractivity contribution in [3.63, 3.8) is 0 Å². The molecule has 1 aromatic carbocycles. The van der Waals surface area contributed by atoms with E-state index in [2.05, 4.69) is 22.3 Å². The highest BCUT2D eigenvalue weighted by Gasteiger charge is 2.19. The van der Waals surface area contributed by atoms with Crippen LogP contribution >= 0.6 is 0 Å². The first-order valence-corrected chi connectivity index (χ1v) is 8.05. The predicted molar refractivity (Wildman–Crippen MR) is 92.8 cm³/mol. The van der Waals surface area contributed by atoms with Gasteiger partial charge >= 0.3 is 0 Å². The van der Waals surface area contributed by atoms with Gasteiger partial charge in [0.2, 0.25) is 5.91 Å². The van der Waals surface area contributed by atoms with Crippen LogP contribution in [0.4, 0.5) is 0 Å². The molecule has 126 valence electrons. The van der Waals surface area contributed by atoms with E-state index >= 15 is 0 Å². The maximum absolute atomic E-state index is 12.0. The third-order valence-corrected chi connectivity index (χ3v) is 4.13. The van der Waals surface area contributed by atoms with E-state index in [9.17, 15) is 4.79 Å². The lowest BCUT2D eigenvalue weighted by Crippen LogP contribution is -2.33. The van der Waals surface area contributed by atoms with Crippen molar-refractivity contribution >= 4 is 12.0 Å². The third kappa shape index (κ3) is 3.86. The minimum absolute atomic E-state index is 0.108. The van der Waals surface area contributed by atoms with Gasteiger partial charge in [0, 0.05) is 19.0 Å². The molecule has 0 saturated carbocycles. The number of rotatable bonds is 6. The smallest absolute Gasteiger partial charge is 0.244 e. The van der Waals surface area contributed by atoms with Crippen LogP contribution in [0.3, 0.4) is 0 Å². The topological polar surface area (TPSA) is 54.7 Å². The average Bonchev–Trinajstić information content (AvgIpc) is 3.23. The molecule has 1 atom stereocenters. The van der Waals surface area contributed by atoms with Gasteiger partial charge in [-0.25, -0.2) is 0 Å². The van der Waals surface area contributed by atoms with E-state index in [1.165, 1.54) is 17.2 Å². The number of hydrogen-bond donors (Lipinski definition) is 1. The summed E-state index contributed by atoms with van der Waals surface area (Å²) < 4.78 is 10.7. The number of amides is 1. The first-order chi connectivity index (χ1) is 11.6. The van der Waals surface area contributed by atoms with Crippen LogP contribution in [0.1, 0.15) is 22.9 Å². The van der Waals surface area contributed by atoms with E-state index in [0.29, 0.717) is 12.3 Å². The van der Waals surface area contributed by atoms with Gasteiger partial charge in [-0.15, -0.1) is 0 Å². The molecule has 5 heteroatoms. The molecule has 0 saturated heterocycles.